The van der Waals surface area contributed by atoms with E-state index in [2.05, 4.69) is 10.00 Å². The second kappa shape index (κ2) is 12.0. The lowest BCUT2D eigenvalue weighted by molar-refractivity contribution is -0.130. The Hall–Kier alpha value is -4.66. The SMILES string of the molecule is CCOC(=O)c1cc(-c2ccc(N3CCN(C(=O)Cc4ccc(OC)cc4)CC3)cc2)n(-c2ccc(F)cc2)n1. The quantitative estimate of drug-likeness (QED) is 0.299. The van der Waals surface area contributed by atoms with Gasteiger partial charge in [0.15, 0.2) is 5.69 Å². The Morgan fingerprint density at radius 3 is 2.15 bits per heavy atom. The molecule has 0 bridgehead atoms. The Morgan fingerprint density at radius 1 is 0.875 bits per heavy atom. The van der Waals surface area contributed by atoms with E-state index in [0.29, 0.717) is 30.9 Å². The number of hydrogen-bond acceptors (Lipinski definition) is 6. The van der Waals surface area contributed by atoms with Gasteiger partial charge >= 0.3 is 5.97 Å². The summed E-state index contributed by atoms with van der Waals surface area (Å²) in [6.07, 6.45) is 0.369. The van der Waals surface area contributed by atoms with Crippen molar-refractivity contribution in [1.82, 2.24) is 14.7 Å². The van der Waals surface area contributed by atoms with Crippen LogP contribution in [-0.2, 0) is 16.0 Å². The number of carbonyl (C=O) groups excluding carboxylic acids is 2. The maximum absolute atomic E-state index is 13.5. The lowest BCUT2D eigenvalue weighted by Crippen LogP contribution is -2.49. The zero-order chi connectivity index (χ0) is 28.1. The number of nitrogens with zero attached hydrogens (tertiary/aromatic N) is 4. The van der Waals surface area contributed by atoms with E-state index in [4.69, 9.17) is 9.47 Å². The molecule has 2 heterocycles. The molecule has 1 aromatic heterocycles. The minimum Gasteiger partial charge on any atom is -0.497 e. The van der Waals surface area contributed by atoms with Crippen LogP contribution in [0.2, 0.25) is 0 Å². The Bertz CT molecular complexity index is 1460. The molecule has 40 heavy (non-hydrogen) atoms. The fraction of sp³-hybridized carbons (Fsp3) is 0.258. The van der Waals surface area contributed by atoms with Crippen molar-refractivity contribution < 1.29 is 23.5 Å². The number of carbonyl (C=O) groups is 2. The molecule has 0 saturated carbocycles. The predicted octanol–water partition coefficient (Wildman–Crippen LogP) is 4.76. The standard InChI is InChI=1S/C31H31FN4O4/c1-3-40-31(38)28-21-29(36(33-28)26-12-8-24(32)9-13-26)23-6-10-25(11-7-23)34-16-18-35(19-17-34)30(37)20-22-4-14-27(39-2)15-5-22/h4-15,21H,3,16-20H2,1-2H3. The highest BCUT2D eigenvalue weighted by atomic mass is 19.1. The first-order valence-electron chi connectivity index (χ1n) is 13.2. The number of anilines is 1. The van der Waals surface area contributed by atoms with Crippen molar-refractivity contribution in [2.24, 2.45) is 0 Å². The first kappa shape index (κ1) is 26.9. The number of benzene rings is 3. The first-order chi connectivity index (χ1) is 19.4. The van der Waals surface area contributed by atoms with Crippen LogP contribution in [0, 0.1) is 5.82 Å². The number of amides is 1. The molecular weight excluding hydrogens is 511 g/mol. The number of piperazine rings is 1. The fourth-order valence-corrected chi connectivity index (χ4v) is 4.76. The lowest BCUT2D eigenvalue weighted by Gasteiger charge is -2.36. The van der Waals surface area contributed by atoms with Crippen molar-refractivity contribution in [2.45, 2.75) is 13.3 Å². The van der Waals surface area contributed by atoms with Gasteiger partial charge in [-0.15, -0.1) is 0 Å². The summed E-state index contributed by atoms with van der Waals surface area (Å²) in [4.78, 5) is 29.4. The summed E-state index contributed by atoms with van der Waals surface area (Å²) in [5, 5.41) is 4.45. The van der Waals surface area contributed by atoms with E-state index in [1.54, 1.807) is 36.9 Å². The third kappa shape index (κ3) is 5.98. The zero-order valence-electron chi connectivity index (χ0n) is 22.5. The topological polar surface area (TPSA) is 76.9 Å². The van der Waals surface area contributed by atoms with E-state index in [0.717, 1.165) is 35.7 Å². The summed E-state index contributed by atoms with van der Waals surface area (Å²) < 4.78 is 25.5. The molecule has 9 heteroatoms. The molecule has 0 aliphatic carbocycles. The van der Waals surface area contributed by atoms with E-state index in [1.807, 2.05) is 53.4 Å². The van der Waals surface area contributed by atoms with Gasteiger partial charge in [0.1, 0.15) is 11.6 Å². The largest absolute Gasteiger partial charge is 0.497 e. The van der Waals surface area contributed by atoms with Crippen LogP contribution in [0.3, 0.4) is 0 Å². The van der Waals surface area contributed by atoms with Gasteiger partial charge in [-0.1, -0.05) is 24.3 Å². The maximum Gasteiger partial charge on any atom is 0.358 e. The molecule has 206 valence electrons. The molecule has 1 amide bonds. The number of hydrogen-bond donors (Lipinski definition) is 0. The second-order valence-corrected chi connectivity index (χ2v) is 9.46. The van der Waals surface area contributed by atoms with Crippen molar-refractivity contribution in [3.8, 4) is 22.7 Å². The molecule has 8 nitrogen and oxygen atoms in total. The molecule has 0 atom stereocenters. The highest BCUT2D eigenvalue weighted by Gasteiger charge is 2.22. The summed E-state index contributed by atoms with van der Waals surface area (Å²) in [5.41, 5.74) is 4.37. The molecule has 5 rings (SSSR count). The smallest absolute Gasteiger partial charge is 0.358 e. The van der Waals surface area contributed by atoms with Gasteiger partial charge < -0.3 is 19.3 Å². The van der Waals surface area contributed by atoms with E-state index in [-0.39, 0.29) is 24.0 Å². The summed E-state index contributed by atoms with van der Waals surface area (Å²) in [7, 11) is 1.62. The molecule has 0 unspecified atom stereocenters. The molecule has 1 fully saturated rings. The van der Waals surface area contributed by atoms with Crippen LogP contribution in [-0.4, -0.2) is 66.5 Å². The van der Waals surface area contributed by atoms with Gasteiger partial charge in [0, 0.05) is 37.4 Å². The van der Waals surface area contributed by atoms with E-state index >= 15 is 0 Å². The molecule has 0 radical (unpaired) electrons. The van der Waals surface area contributed by atoms with Crippen molar-refractivity contribution in [2.75, 3.05) is 44.8 Å². The van der Waals surface area contributed by atoms with Crippen LogP contribution in [0.25, 0.3) is 16.9 Å². The lowest BCUT2D eigenvalue weighted by atomic mass is 10.1. The van der Waals surface area contributed by atoms with Crippen LogP contribution in [0.5, 0.6) is 5.75 Å². The molecule has 4 aromatic rings. The monoisotopic (exact) mass is 542 g/mol. The Balaban J connectivity index is 1.27. The fourth-order valence-electron chi connectivity index (χ4n) is 4.76. The summed E-state index contributed by atoms with van der Waals surface area (Å²) in [6.45, 7) is 4.74. The molecule has 3 aromatic carbocycles. The number of esters is 1. The van der Waals surface area contributed by atoms with Gasteiger partial charge in [-0.3, -0.25) is 4.79 Å². The molecular formula is C31H31FN4O4. The number of ether oxygens (including phenoxy) is 2. The molecule has 0 spiro atoms. The minimum absolute atomic E-state index is 0.117. The normalized spacial score (nSPS) is 13.3. The minimum atomic E-state index is -0.513. The van der Waals surface area contributed by atoms with Gasteiger partial charge in [0.05, 0.1) is 31.5 Å². The van der Waals surface area contributed by atoms with E-state index in [1.165, 1.54) is 12.1 Å². The van der Waals surface area contributed by atoms with Crippen LogP contribution in [0.1, 0.15) is 23.0 Å². The first-order valence-corrected chi connectivity index (χ1v) is 13.2. The highest BCUT2D eigenvalue weighted by Crippen LogP contribution is 2.28. The number of halogens is 1. The average molecular weight is 543 g/mol. The van der Waals surface area contributed by atoms with E-state index in [9.17, 15) is 14.0 Å². The second-order valence-electron chi connectivity index (χ2n) is 9.46. The molecule has 0 N–H and O–H groups in total. The molecule has 1 aliphatic rings. The number of rotatable bonds is 8. The summed E-state index contributed by atoms with van der Waals surface area (Å²) in [5.74, 6) is 0.0254. The predicted molar refractivity (Wildman–Crippen MR) is 150 cm³/mol. The molecule has 1 aliphatic heterocycles. The van der Waals surface area contributed by atoms with Crippen molar-refractivity contribution in [3.63, 3.8) is 0 Å². The third-order valence-corrected chi connectivity index (χ3v) is 6.94. The van der Waals surface area contributed by atoms with Gasteiger partial charge in [-0.25, -0.2) is 13.9 Å². The van der Waals surface area contributed by atoms with Crippen LogP contribution < -0.4 is 9.64 Å². The van der Waals surface area contributed by atoms with Crippen LogP contribution in [0.15, 0.2) is 78.9 Å². The number of aromatic nitrogens is 2. The van der Waals surface area contributed by atoms with Crippen molar-refractivity contribution in [1.29, 1.82) is 0 Å². The van der Waals surface area contributed by atoms with Gasteiger partial charge in [0.2, 0.25) is 5.91 Å². The third-order valence-electron chi connectivity index (χ3n) is 6.94. The van der Waals surface area contributed by atoms with Crippen LogP contribution in [0.4, 0.5) is 10.1 Å². The van der Waals surface area contributed by atoms with Gasteiger partial charge in [-0.2, -0.15) is 5.10 Å². The number of methoxy groups -OCH3 is 1. The van der Waals surface area contributed by atoms with Gasteiger partial charge in [0.25, 0.3) is 0 Å². The Morgan fingerprint density at radius 2 is 1.52 bits per heavy atom. The van der Waals surface area contributed by atoms with E-state index < -0.39 is 5.97 Å². The average Bonchev–Trinajstić information content (AvgIpc) is 3.44. The van der Waals surface area contributed by atoms with Crippen molar-refractivity contribution >= 4 is 17.6 Å². The zero-order valence-corrected chi connectivity index (χ0v) is 22.5. The maximum atomic E-state index is 13.5. The van der Waals surface area contributed by atoms with Crippen LogP contribution >= 0.6 is 0 Å². The summed E-state index contributed by atoms with van der Waals surface area (Å²) in [6, 6.07) is 23.2. The molecule has 1 saturated heterocycles. The Labute approximate surface area is 232 Å². The van der Waals surface area contributed by atoms with Crippen molar-refractivity contribution in [3.05, 3.63) is 95.9 Å². The highest BCUT2D eigenvalue weighted by molar-refractivity contribution is 5.89. The Kier molecular flexibility index (Phi) is 8.10. The van der Waals surface area contributed by atoms with Gasteiger partial charge in [-0.05, 0) is 67.1 Å². The summed E-state index contributed by atoms with van der Waals surface area (Å²) >= 11 is 0.